The van der Waals surface area contributed by atoms with E-state index in [0.29, 0.717) is 24.4 Å². The van der Waals surface area contributed by atoms with Crippen molar-refractivity contribution in [2.75, 3.05) is 7.11 Å². The molecule has 0 saturated carbocycles. The average Bonchev–Trinajstić information content (AvgIpc) is 3.09. The summed E-state index contributed by atoms with van der Waals surface area (Å²) >= 11 is 5.23. The quantitative estimate of drug-likeness (QED) is 0.566. The third-order valence-corrected chi connectivity index (χ3v) is 4.27. The molecule has 0 aromatic carbocycles. The first-order valence-electron chi connectivity index (χ1n) is 7.80. The highest BCUT2D eigenvalue weighted by molar-refractivity contribution is 7.71. The van der Waals surface area contributed by atoms with E-state index in [9.17, 15) is 9.59 Å². The van der Waals surface area contributed by atoms with Gasteiger partial charge in [-0.25, -0.2) is 9.78 Å². The maximum absolute atomic E-state index is 12.4. The van der Waals surface area contributed by atoms with Crippen molar-refractivity contribution in [3.8, 4) is 11.4 Å². The number of pyridine rings is 1. The summed E-state index contributed by atoms with van der Waals surface area (Å²) in [5, 5.41) is 4.39. The van der Waals surface area contributed by atoms with Gasteiger partial charge in [-0.15, -0.1) is 0 Å². The van der Waals surface area contributed by atoms with Crippen molar-refractivity contribution >= 4 is 29.2 Å². The molecule has 3 aromatic heterocycles. The van der Waals surface area contributed by atoms with E-state index in [1.165, 1.54) is 7.11 Å². The molecular weight excluding hydrogens is 342 g/mol. The van der Waals surface area contributed by atoms with Crippen molar-refractivity contribution in [2.24, 2.45) is 0 Å². The van der Waals surface area contributed by atoms with E-state index < -0.39 is 11.5 Å². The Hall–Kier alpha value is -2.81. The molecule has 0 aliphatic heterocycles. The molecule has 0 aliphatic carbocycles. The van der Waals surface area contributed by atoms with Crippen LogP contribution in [0.3, 0.4) is 0 Å². The Morgan fingerprint density at radius 3 is 2.76 bits per heavy atom. The van der Waals surface area contributed by atoms with Crippen LogP contribution in [0.5, 0.6) is 0 Å². The van der Waals surface area contributed by atoms with Gasteiger partial charge in [0.2, 0.25) is 0 Å². The number of aromatic amines is 1. The number of hydrogen-bond donors (Lipinski definition) is 1. The fourth-order valence-corrected chi connectivity index (χ4v) is 3.08. The first-order chi connectivity index (χ1) is 12.0. The summed E-state index contributed by atoms with van der Waals surface area (Å²) in [6.07, 6.45) is 1.66. The van der Waals surface area contributed by atoms with Crippen molar-refractivity contribution in [1.82, 2.24) is 24.3 Å². The molecule has 0 radical (unpaired) electrons. The zero-order valence-electron chi connectivity index (χ0n) is 14.1. The summed E-state index contributed by atoms with van der Waals surface area (Å²) in [5.74, 6) is -0.610. The number of fused-ring (bicyclic) bond motifs is 1. The number of nitrogens with zero attached hydrogens (tertiary/aromatic N) is 4. The number of aryl methyl sites for hydroxylation is 2. The predicted octanol–water partition coefficient (Wildman–Crippen LogP) is 2.14. The second-order valence-electron chi connectivity index (χ2n) is 5.28. The zero-order chi connectivity index (χ0) is 18.1. The molecule has 3 aromatic rings. The lowest BCUT2D eigenvalue weighted by atomic mass is 10.1. The fourth-order valence-electron chi connectivity index (χ4n) is 2.77. The Morgan fingerprint density at radius 2 is 2.12 bits per heavy atom. The first kappa shape index (κ1) is 17.0. The van der Waals surface area contributed by atoms with E-state index >= 15 is 0 Å². The molecular formula is C16H17N5O3S. The molecule has 0 unspecified atom stereocenters. The number of rotatable bonds is 4. The molecule has 8 nitrogen and oxygen atoms in total. The van der Waals surface area contributed by atoms with Crippen LogP contribution in [0, 0.1) is 4.77 Å². The number of methoxy groups -OCH3 is 1. The second-order valence-corrected chi connectivity index (χ2v) is 5.67. The molecule has 0 atom stereocenters. The molecule has 0 aliphatic rings. The maximum Gasteiger partial charge on any atom is 0.338 e. The van der Waals surface area contributed by atoms with Gasteiger partial charge in [-0.2, -0.15) is 5.10 Å². The summed E-state index contributed by atoms with van der Waals surface area (Å²) in [6.45, 7) is 4.98. The summed E-state index contributed by atoms with van der Waals surface area (Å²) < 4.78 is 8.54. The summed E-state index contributed by atoms with van der Waals surface area (Å²) in [5.41, 5.74) is 1.29. The molecule has 0 fully saturated rings. The van der Waals surface area contributed by atoms with Gasteiger partial charge in [0.1, 0.15) is 5.65 Å². The van der Waals surface area contributed by atoms with Crippen LogP contribution in [-0.2, 0) is 17.8 Å². The van der Waals surface area contributed by atoms with Gasteiger partial charge in [-0.3, -0.25) is 14.5 Å². The number of nitrogens with one attached hydrogen (secondary N) is 1. The van der Waals surface area contributed by atoms with E-state index in [1.54, 1.807) is 27.6 Å². The van der Waals surface area contributed by atoms with Crippen molar-refractivity contribution in [3.63, 3.8) is 0 Å². The van der Waals surface area contributed by atoms with E-state index in [2.05, 4.69) is 15.1 Å². The number of H-pyrrole nitrogens is 1. The molecule has 1 N–H and O–H groups in total. The summed E-state index contributed by atoms with van der Waals surface area (Å²) in [4.78, 5) is 31.9. The molecule has 130 valence electrons. The lowest BCUT2D eigenvalue weighted by Crippen LogP contribution is -2.19. The molecule has 0 spiro atoms. The minimum Gasteiger partial charge on any atom is -0.465 e. The van der Waals surface area contributed by atoms with Crippen molar-refractivity contribution in [3.05, 3.63) is 39.0 Å². The zero-order valence-corrected chi connectivity index (χ0v) is 14.9. The number of carbonyl (C=O) groups excluding carboxylic acids is 1. The number of carbonyl (C=O) groups is 1. The third kappa shape index (κ3) is 2.76. The minimum atomic E-state index is -0.610. The molecule has 3 rings (SSSR count). The average molecular weight is 359 g/mol. The monoisotopic (exact) mass is 359 g/mol. The molecule has 9 heteroatoms. The lowest BCUT2D eigenvalue weighted by molar-refractivity contribution is 0.0603. The van der Waals surface area contributed by atoms with Crippen LogP contribution < -0.4 is 5.56 Å². The molecule has 3 heterocycles. The lowest BCUT2D eigenvalue weighted by Gasteiger charge is -2.13. The highest BCUT2D eigenvalue weighted by Crippen LogP contribution is 2.23. The van der Waals surface area contributed by atoms with Crippen LogP contribution in [0.1, 0.15) is 24.2 Å². The van der Waals surface area contributed by atoms with Crippen LogP contribution >= 0.6 is 12.2 Å². The Balaban J connectivity index is 2.48. The highest BCUT2D eigenvalue weighted by Gasteiger charge is 2.20. The summed E-state index contributed by atoms with van der Waals surface area (Å²) in [6, 6.07) is 3.35. The van der Waals surface area contributed by atoms with E-state index in [1.807, 2.05) is 13.8 Å². The largest absolute Gasteiger partial charge is 0.465 e. The van der Waals surface area contributed by atoms with Crippen LogP contribution in [0.4, 0.5) is 0 Å². The standard InChI is InChI=1S/C16H17N5O3S/c1-4-20-13-12(14(22)19-16(20)25)9(15(23)24-3)8-10(18-13)11-6-7-17-21(11)5-2/h6-8H,4-5H2,1-3H3,(H,19,22,25). The smallest absolute Gasteiger partial charge is 0.338 e. The van der Waals surface area contributed by atoms with Crippen LogP contribution in [0.2, 0.25) is 0 Å². The summed E-state index contributed by atoms with van der Waals surface area (Å²) in [7, 11) is 1.27. The van der Waals surface area contributed by atoms with Crippen LogP contribution in [0.15, 0.2) is 23.1 Å². The van der Waals surface area contributed by atoms with E-state index in [4.69, 9.17) is 17.0 Å². The van der Waals surface area contributed by atoms with Crippen LogP contribution in [0.25, 0.3) is 22.4 Å². The van der Waals surface area contributed by atoms with Gasteiger partial charge in [0.05, 0.1) is 29.4 Å². The van der Waals surface area contributed by atoms with Crippen molar-refractivity contribution < 1.29 is 9.53 Å². The fraction of sp³-hybridized carbons (Fsp3) is 0.312. The van der Waals surface area contributed by atoms with Crippen molar-refractivity contribution in [1.29, 1.82) is 0 Å². The highest BCUT2D eigenvalue weighted by atomic mass is 32.1. The van der Waals surface area contributed by atoms with Gasteiger partial charge in [0.15, 0.2) is 4.77 Å². The normalized spacial score (nSPS) is 11.0. The Morgan fingerprint density at radius 1 is 1.36 bits per heavy atom. The maximum atomic E-state index is 12.4. The number of aromatic nitrogens is 5. The molecule has 0 bridgehead atoms. The molecule has 25 heavy (non-hydrogen) atoms. The number of ether oxygens (including phenoxy) is 1. The van der Waals surface area contributed by atoms with E-state index in [0.717, 1.165) is 5.69 Å². The number of hydrogen-bond acceptors (Lipinski definition) is 6. The Labute approximate surface area is 148 Å². The SMILES string of the molecule is CCn1nccc1-c1cc(C(=O)OC)c2c(=O)[nH]c(=S)n(CC)c2n1. The van der Waals surface area contributed by atoms with Gasteiger partial charge in [-0.1, -0.05) is 0 Å². The second kappa shape index (κ2) is 6.60. The van der Waals surface area contributed by atoms with Gasteiger partial charge < -0.3 is 9.30 Å². The number of esters is 1. The van der Waals surface area contributed by atoms with Gasteiger partial charge >= 0.3 is 5.97 Å². The van der Waals surface area contributed by atoms with Crippen molar-refractivity contribution in [2.45, 2.75) is 26.9 Å². The first-order valence-corrected chi connectivity index (χ1v) is 8.21. The Bertz CT molecular complexity index is 1080. The van der Waals surface area contributed by atoms with Crippen LogP contribution in [-0.4, -0.2) is 37.4 Å². The predicted molar refractivity (Wildman–Crippen MR) is 95.1 cm³/mol. The van der Waals surface area contributed by atoms with Gasteiger partial charge in [0, 0.05) is 19.3 Å². The third-order valence-electron chi connectivity index (χ3n) is 3.95. The van der Waals surface area contributed by atoms with E-state index in [-0.39, 0.29) is 15.7 Å². The Kier molecular flexibility index (Phi) is 4.49. The molecule has 0 amide bonds. The van der Waals surface area contributed by atoms with Gasteiger partial charge in [-0.05, 0) is 38.2 Å². The topological polar surface area (TPSA) is 94.8 Å². The van der Waals surface area contributed by atoms with Gasteiger partial charge in [0.25, 0.3) is 5.56 Å². The molecule has 0 saturated heterocycles. The minimum absolute atomic E-state index is 0.143.